The van der Waals surface area contributed by atoms with Gasteiger partial charge in [-0.05, 0) is 117 Å². The summed E-state index contributed by atoms with van der Waals surface area (Å²) in [4.78, 5) is 0. The summed E-state index contributed by atoms with van der Waals surface area (Å²) in [6.45, 7) is 2.42. The SMILES string of the molecule is C[SiH2]c1cc(-c2cccc3ccccc23)ccc1-c1ccc2c(-c3ccc4ccccc4c3)c3ccccc3c(-c3ccc4ccccc4c3)c2c1. The quantitative estimate of drug-likeness (QED) is 0.126. The van der Waals surface area contributed by atoms with Gasteiger partial charge < -0.3 is 0 Å². The molecule has 0 radical (unpaired) electrons. The fourth-order valence-electron chi connectivity index (χ4n) is 8.47. The Morgan fingerprint density at radius 3 is 1.42 bits per heavy atom. The third-order valence-corrected chi connectivity index (χ3v) is 12.3. The summed E-state index contributed by atoms with van der Waals surface area (Å²) in [5, 5.41) is 14.3. The highest BCUT2D eigenvalue weighted by atomic mass is 28.2. The maximum absolute atomic E-state index is 2.48. The second-order valence-corrected chi connectivity index (χ2v) is 15.4. The molecule has 1 heteroatoms. The van der Waals surface area contributed by atoms with Gasteiger partial charge in [-0.15, -0.1) is 0 Å². The van der Waals surface area contributed by atoms with Crippen molar-refractivity contribution in [2.75, 3.05) is 0 Å². The van der Waals surface area contributed by atoms with E-state index in [1.165, 1.54) is 104 Å². The van der Waals surface area contributed by atoms with Crippen LogP contribution in [0, 0.1) is 0 Å². The Morgan fingerprint density at radius 2 is 0.769 bits per heavy atom. The van der Waals surface area contributed by atoms with Crippen LogP contribution >= 0.6 is 0 Å². The van der Waals surface area contributed by atoms with E-state index >= 15 is 0 Å². The largest absolute Gasteiger partial charge is 0.0708 e. The van der Waals surface area contributed by atoms with Crippen LogP contribution in [0.4, 0.5) is 0 Å². The predicted molar refractivity (Wildman–Crippen MR) is 230 cm³/mol. The van der Waals surface area contributed by atoms with Crippen molar-refractivity contribution in [3.05, 3.63) is 188 Å². The summed E-state index contributed by atoms with van der Waals surface area (Å²) in [5.41, 5.74) is 10.3. The zero-order valence-electron chi connectivity index (χ0n) is 29.1. The van der Waals surface area contributed by atoms with Gasteiger partial charge >= 0.3 is 0 Å². The highest BCUT2D eigenvalue weighted by Crippen LogP contribution is 2.45. The van der Waals surface area contributed by atoms with E-state index in [0.717, 1.165) is 0 Å². The molecule has 0 atom stereocenters. The van der Waals surface area contributed by atoms with Crippen molar-refractivity contribution in [2.24, 2.45) is 0 Å². The average molecular weight is 677 g/mol. The molecule has 52 heavy (non-hydrogen) atoms. The molecule has 0 aliphatic rings. The van der Waals surface area contributed by atoms with Gasteiger partial charge in [0.25, 0.3) is 0 Å². The standard InChI is InChI=1S/C51H36Si/c1-52-49-32-39(43-20-10-16-35-13-6-7-17-42(35)43)25-27-44(49)38-26-28-47-48(31-38)51(41-24-22-34-12-3-5-15-37(34)30-41)46-19-9-8-18-45(46)50(47)40-23-21-33-11-2-4-14-36(33)29-40/h2-32H,52H2,1H3. The van der Waals surface area contributed by atoms with Crippen LogP contribution in [0.5, 0.6) is 0 Å². The van der Waals surface area contributed by atoms with Crippen LogP contribution < -0.4 is 5.19 Å². The van der Waals surface area contributed by atoms with E-state index in [2.05, 4.69) is 195 Å². The number of hydrogen-bond acceptors (Lipinski definition) is 0. The molecule has 10 rings (SSSR count). The van der Waals surface area contributed by atoms with Crippen molar-refractivity contribution in [3.63, 3.8) is 0 Å². The summed E-state index contributed by atoms with van der Waals surface area (Å²) in [6.07, 6.45) is 0. The first-order valence-corrected chi connectivity index (χ1v) is 20.4. The zero-order chi connectivity index (χ0) is 34.6. The van der Waals surface area contributed by atoms with Crippen molar-refractivity contribution in [2.45, 2.75) is 6.55 Å². The van der Waals surface area contributed by atoms with Crippen molar-refractivity contribution in [3.8, 4) is 44.5 Å². The molecule has 0 aromatic heterocycles. The maximum Gasteiger partial charge on any atom is 0.0525 e. The van der Waals surface area contributed by atoms with Crippen LogP contribution in [-0.2, 0) is 0 Å². The average Bonchev–Trinajstić information content (AvgIpc) is 3.21. The monoisotopic (exact) mass is 676 g/mol. The number of benzene rings is 10. The Balaban J connectivity index is 1.24. The van der Waals surface area contributed by atoms with Gasteiger partial charge in [0.1, 0.15) is 0 Å². The summed E-state index contributed by atoms with van der Waals surface area (Å²) in [6, 6.07) is 70.1. The van der Waals surface area contributed by atoms with Gasteiger partial charge in [0.05, 0.1) is 9.52 Å². The Hall–Kier alpha value is -6.28. The van der Waals surface area contributed by atoms with Gasteiger partial charge in [0.15, 0.2) is 0 Å². The van der Waals surface area contributed by atoms with Crippen molar-refractivity contribution < 1.29 is 0 Å². The van der Waals surface area contributed by atoms with Gasteiger partial charge in [-0.2, -0.15) is 0 Å². The third kappa shape index (κ3) is 5.05. The molecule has 0 saturated heterocycles. The third-order valence-electron chi connectivity index (χ3n) is 11.0. The van der Waals surface area contributed by atoms with Crippen LogP contribution in [-0.4, -0.2) is 9.52 Å². The molecule has 0 amide bonds. The first-order chi connectivity index (χ1) is 25.7. The molecule has 0 nitrogen and oxygen atoms in total. The van der Waals surface area contributed by atoms with Gasteiger partial charge in [-0.25, -0.2) is 0 Å². The molecule has 0 aliphatic heterocycles. The Morgan fingerprint density at radius 1 is 0.288 bits per heavy atom. The van der Waals surface area contributed by atoms with Crippen LogP contribution in [0.1, 0.15) is 0 Å². The summed E-state index contributed by atoms with van der Waals surface area (Å²) in [5.74, 6) is 0. The van der Waals surface area contributed by atoms with E-state index in [1.54, 1.807) is 0 Å². The lowest BCUT2D eigenvalue weighted by Gasteiger charge is -2.20. The Labute approximate surface area is 306 Å². The first-order valence-electron chi connectivity index (χ1n) is 18.3. The van der Waals surface area contributed by atoms with Crippen LogP contribution in [0.2, 0.25) is 6.55 Å². The van der Waals surface area contributed by atoms with Crippen LogP contribution in [0.3, 0.4) is 0 Å². The summed E-state index contributed by atoms with van der Waals surface area (Å²) < 4.78 is 0. The summed E-state index contributed by atoms with van der Waals surface area (Å²) >= 11 is 0. The lowest BCUT2D eigenvalue weighted by atomic mass is 9.84. The number of rotatable bonds is 5. The molecule has 0 heterocycles. The van der Waals surface area contributed by atoms with E-state index in [0.29, 0.717) is 0 Å². The highest BCUT2D eigenvalue weighted by molar-refractivity contribution is 6.54. The van der Waals surface area contributed by atoms with Crippen molar-refractivity contribution in [1.29, 1.82) is 0 Å². The Bertz CT molecular complexity index is 3000. The molecular formula is C51H36Si. The minimum atomic E-state index is -0.498. The minimum absolute atomic E-state index is 0.498. The predicted octanol–water partition coefficient (Wildman–Crippen LogP) is 13.0. The minimum Gasteiger partial charge on any atom is -0.0708 e. The lowest BCUT2D eigenvalue weighted by molar-refractivity contribution is 1.64. The van der Waals surface area contributed by atoms with E-state index in [-0.39, 0.29) is 0 Å². The van der Waals surface area contributed by atoms with Gasteiger partial charge in [-0.3, -0.25) is 0 Å². The van der Waals surface area contributed by atoms with Gasteiger partial charge in [0, 0.05) is 0 Å². The van der Waals surface area contributed by atoms with Crippen LogP contribution in [0.15, 0.2) is 188 Å². The lowest BCUT2D eigenvalue weighted by Crippen LogP contribution is -2.14. The van der Waals surface area contributed by atoms with Crippen molar-refractivity contribution in [1.82, 2.24) is 0 Å². The first kappa shape index (κ1) is 30.5. The number of hydrogen-bond donors (Lipinski definition) is 0. The zero-order valence-corrected chi connectivity index (χ0v) is 30.5. The maximum atomic E-state index is 2.48. The molecule has 0 fully saturated rings. The molecule has 244 valence electrons. The second-order valence-electron chi connectivity index (χ2n) is 13.9. The molecule has 10 aromatic carbocycles. The highest BCUT2D eigenvalue weighted by Gasteiger charge is 2.19. The second kappa shape index (κ2) is 12.5. The van der Waals surface area contributed by atoms with Gasteiger partial charge in [-0.1, -0.05) is 182 Å². The van der Waals surface area contributed by atoms with E-state index in [4.69, 9.17) is 0 Å². The molecule has 0 bridgehead atoms. The number of fused-ring (bicyclic) bond motifs is 5. The molecule has 0 unspecified atom stereocenters. The molecule has 10 aromatic rings. The Kier molecular flexibility index (Phi) is 7.33. The molecule has 0 N–H and O–H groups in total. The fraction of sp³-hybridized carbons (Fsp3) is 0.0196. The molecular weight excluding hydrogens is 641 g/mol. The van der Waals surface area contributed by atoms with Crippen LogP contribution in [0.25, 0.3) is 98.4 Å². The molecule has 0 spiro atoms. The van der Waals surface area contributed by atoms with Crippen molar-refractivity contribution >= 4 is 68.6 Å². The van der Waals surface area contributed by atoms with E-state index in [9.17, 15) is 0 Å². The van der Waals surface area contributed by atoms with E-state index in [1.807, 2.05) is 0 Å². The molecule has 0 saturated carbocycles. The summed E-state index contributed by atoms with van der Waals surface area (Å²) in [7, 11) is -0.498. The topological polar surface area (TPSA) is 0 Å². The van der Waals surface area contributed by atoms with E-state index < -0.39 is 9.52 Å². The fourth-order valence-corrected chi connectivity index (χ4v) is 9.60. The normalized spacial score (nSPS) is 11.9. The molecule has 0 aliphatic carbocycles. The van der Waals surface area contributed by atoms with Gasteiger partial charge in [0.2, 0.25) is 0 Å². The smallest absolute Gasteiger partial charge is 0.0525 e.